The van der Waals surface area contributed by atoms with Gasteiger partial charge in [-0.2, -0.15) is 0 Å². The number of fused-ring (bicyclic) bond motifs is 1. The van der Waals surface area contributed by atoms with Crippen molar-refractivity contribution in [3.05, 3.63) is 65.3 Å². The highest BCUT2D eigenvalue weighted by molar-refractivity contribution is 7.99. The van der Waals surface area contributed by atoms with Gasteiger partial charge in [0.2, 0.25) is 5.91 Å². The van der Waals surface area contributed by atoms with Crippen molar-refractivity contribution in [2.45, 2.75) is 43.4 Å². The first kappa shape index (κ1) is 26.7. The zero-order valence-corrected chi connectivity index (χ0v) is 22.3. The lowest BCUT2D eigenvalue weighted by Crippen LogP contribution is -2.48. The summed E-state index contributed by atoms with van der Waals surface area (Å²) in [5.74, 6) is 1.57. The molecule has 2 heterocycles. The predicted octanol–water partition coefficient (Wildman–Crippen LogP) is 5.99. The maximum absolute atomic E-state index is 12.8. The van der Waals surface area contributed by atoms with Crippen LogP contribution in [0.2, 0.25) is 5.02 Å². The Morgan fingerprint density at radius 2 is 1.97 bits per heavy atom. The highest BCUT2D eigenvalue weighted by Gasteiger charge is 2.40. The lowest BCUT2D eigenvalue weighted by Gasteiger charge is -2.40. The van der Waals surface area contributed by atoms with E-state index in [-0.39, 0.29) is 5.91 Å². The number of nitrogens with one attached hydrogen (secondary N) is 1. The molecular formula is C28H34ClN3O3S. The van der Waals surface area contributed by atoms with E-state index in [2.05, 4.69) is 34.1 Å². The fourth-order valence-corrected chi connectivity index (χ4v) is 6.20. The van der Waals surface area contributed by atoms with Gasteiger partial charge in [-0.05, 0) is 99.8 Å². The van der Waals surface area contributed by atoms with Crippen LogP contribution in [0.3, 0.4) is 0 Å². The third-order valence-electron chi connectivity index (χ3n) is 7.24. The Balaban J connectivity index is 1.32. The molecule has 36 heavy (non-hydrogen) atoms. The number of piperidine rings is 1. The summed E-state index contributed by atoms with van der Waals surface area (Å²) < 4.78 is 5.39. The molecule has 0 radical (unpaired) electrons. The summed E-state index contributed by atoms with van der Waals surface area (Å²) in [6.45, 7) is 2.75. The van der Waals surface area contributed by atoms with E-state index in [4.69, 9.17) is 16.3 Å². The molecule has 0 spiro atoms. The molecule has 1 aliphatic rings. The molecular weight excluding hydrogens is 494 g/mol. The predicted molar refractivity (Wildman–Crippen MR) is 146 cm³/mol. The van der Waals surface area contributed by atoms with E-state index in [1.807, 2.05) is 41.5 Å². The summed E-state index contributed by atoms with van der Waals surface area (Å²) in [6.07, 6.45) is 6.49. The number of amides is 1. The Bertz CT molecular complexity index is 1150. The quantitative estimate of drug-likeness (QED) is 0.138. The number of benzene rings is 2. The van der Waals surface area contributed by atoms with Gasteiger partial charge in [0.25, 0.3) is 0 Å². The number of nitrogens with zero attached hydrogens (tertiary/aromatic N) is 2. The van der Waals surface area contributed by atoms with Gasteiger partial charge in [0.15, 0.2) is 0 Å². The van der Waals surface area contributed by atoms with Crippen LogP contribution in [0.1, 0.15) is 37.7 Å². The minimum Gasteiger partial charge on any atom is -0.497 e. The van der Waals surface area contributed by atoms with Crippen molar-refractivity contribution < 1.29 is 14.7 Å². The molecule has 1 aromatic heterocycles. The number of pyridine rings is 1. The molecule has 2 aromatic carbocycles. The van der Waals surface area contributed by atoms with Gasteiger partial charge in [0.1, 0.15) is 5.75 Å². The number of aryl methyl sites for hydroxylation is 1. The van der Waals surface area contributed by atoms with E-state index < -0.39 is 5.41 Å². The van der Waals surface area contributed by atoms with Crippen molar-refractivity contribution in [1.29, 1.82) is 0 Å². The van der Waals surface area contributed by atoms with Gasteiger partial charge in [0, 0.05) is 16.5 Å². The molecule has 1 aliphatic heterocycles. The lowest BCUT2D eigenvalue weighted by molar-refractivity contribution is -0.143. The van der Waals surface area contributed by atoms with Gasteiger partial charge < -0.3 is 9.64 Å². The molecule has 6 nitrogen and oxygen atoms in total. The summed E-state index contributed by atoms with van der Waals surface area (Å²) in [5, 5.41) is 11.1. The van der Waals surface area contributed by atoms with Gasteiger partial charge in [-0.1, -0.05) is 29.8 Å². The van der Waals surface area contributed by atoms with Crippen LogP contribution in [-0.4, -0.2) is 53.5 Å². The standard InChI is InChI=1S/C28H34ClN3O3S/c1-35-21-10-11-26-24(19-21)23(25(29)20-30-26)9-5-12-28(27(33)31-34)13-16-32(17-14-28)15-6-18-36-22-7-3-2-4-8-22/h2-4,7-8,10-11,19-20,34H,5-6,9,12-18H2,1H3,(H,31,33). The number of ether oxygens (including phenoxy) is 1. The number of thioether (sulfide) groups is 1. The van der Waals surface area contributed by atoms with Crippen molar-refractivity contribution in [2.24, 2.45) is 5.41 Å². The van der Waals surface area contributed by atoms with Crippen LogP contribution in [0.25, 0.3) is 10.9 Å². The number of hydroxylamine groups is 1. The zero-order chi connectivity index (χ0) is 25.4. The number of hydrogen-bond acceptors (Lipinski definition) is 6. The number of methoxy groups -OCH3 is 1. The van der Waals surface area contributed by atoms with Crippen molar-refractivity contribution in [1.82, 2.24) is 15.4 Å². The number of halogens is 1. The number of carbonyl (C=O) groups is 1. The fraction of sp³-hybridized carbons (Fsp3) is 0.429. The zero-order valence-electron chi connectivity index (χ0n) is 20.7. The molecule has 1 amide bonds. The highest BCUT2D eigenvalue weighted by atomic mass is 35.5. The molecule has 0 unspecified atom stereocenters. The lowest BCUT2D eigenvalue weighted by atomic mass is 9.73. The number of rotatable bonds is 11. The molecule has 4 rings (SSSR count). The van der Waals surface area contributed by atoms with E-state index in [9.17, 15) is 10.0 Å². The van der Waals surface area contributed by atoms with E-state index >= 15 is 0 Å². The average molecular weight is 528 g/mol. The first-order valence-electron chi connectivity index (χ1n) is 12.5. The Kier molecular flexibility index (Phi) is 9.48. The maximum atomic E-state index is 12.8. The number of likely N-dealkylation sites (tertiary alicyclic amines) is 1. The monoisotopic (exact) mass is 527 g/mol. The maximum Gasteiger partial charge on any atom is 0.249 e. The van der Waals surface area contributed by atoms with Crippen LogP contribution in [0, 0.1) is 5.41 Å². The molecule has 8 heteroatoms. The van der Waals surface area contributed by atoms with Crippen molar-refractivity contribution >= 4 is 40.2 Å². The molecule has 2 N–H and O–H groups in total. The molecule has 3 aromatic rings. The van der Waals surface area contributed by atoms with Crippen LogP contribution in [0.4, 0.5) is 0 Å². The Hall–Kier alpha value is -2.32. The van der Waals surface area contributed by atoms with Gasteiger partial charge >= 0.3 is 0 Å². The molecule has 0 bridgehead atoms. The summed E-state index contributed by atoms with van der Waals surface area (Å²) in [5.41, 5.74) is 3.29. The van der Waals surface area contributed by atoms with Crippen LogP contribution < -0.4 is 10.2 Å². The first-order chi connectivity index (χ1) is 17.5. The number of hydrogen-bond donors (Lipinski definition) is 2. The second kappa shape index (κ2) is 12.8. The van der Waals surface area contributed by atoms with Gasteiger partial charge in [-0.15, -0.1) is 11.8 Å². The van der Waals surface area contributed by atoms with Crippen LogP contribution in [0.5, 0.6) is 5.75 Å². The molecule has 0 aliphatic carbocycles. The number of aromatic nitrogens is 1. The smallest absolute Gasteiger partial charge is 0.249 e. The van der Waals surface area contributed by atoms with Crippen LogP contribution in [-0.2, 0) is 11.2 Å². The largest absolute Gasteiger partial charge is 0.497 e. The van der Waals surface area contributed by atoms with E-state index in [1.165, 1.54) is 4.90 Å². The van der Waals surface area contributed by atoms with Crippen LogP contribution in [0.15, 0.2) is 59.6 Å². The second-order valence-corrected chi connectivity index (χ2v) is 11.0. The van der Waals surface area contributed by atoms with Crippen molar-refractivity contribution in [2.75, 3.05) is 32.5 Å². The molecule has 0 atom stereocenters. The molecule has 0 saturated carbocycles. The summed E-state index contributed by atoms with van der Waals surface area (Å²) in [6, 6.07) is 16.3. The first-order valence-corrected chi connectivity index (χ1v) is 13.9. The molecule has 1 fully saturated rings. The van der Waals surface area contributed by atoms with Crippen molar-refractivity contribution in [3.8, 4) is 5.75 Å². The van der Waals surface area contributed by atoms with Gasteiger partial charge in [-0.3, -0.25) is 15.0 Å². The van der Waals surface area contributed by atoms with E-state index in [0.29, 0.717) is 11.4 Å². The third kappa shape index (κ3) is 6.51. The van der Waals surface area contributed by atoms with Gasteiger partial charge in [-0.25, -0.2) is 5.48 Å². The summed E-state index contributed by atoms with van der Waals surface area (Å²) in [7, 11) is 1.64. The summed E-state index contributed by atoms with van der Waals surface area (Å²) in [4.78, 5) is 21.0. The number of carbonyl (C=O) groups excluding carboxylic acids is 1. The summed E-state index contributed by atoms with van der Waals surface area (Å²) >= 11 is 8.42. The average Bonchev–Trinajstić information content (AvgIpc) is 2.93. The second-order valence-electron chi connectivity index (χ2n) is 9.40. The topological polar surface area (TPSA) is 74.7 Å². The minimum absolute atomic E-state index is 0.269. The van der Waals surface area contributed by atoms with Gasteiger partial charge in [0.05, 0.1) is 23.1 Å². The van der Waals surface area contributed by atoms with E-state index in [0.717, 1.165) is 79.7 Å². The normalized spacial score (nSPS) is 15.6. The Morgan fingerprint density at radius 1 is 1.19 bits per heavy atom. The molecule has 192 valence electrons. The minimum atomic E-state index is -0.558. The fourth-order valence-electron chi connectivity index (χ4n) is 5.10. The SMILES string of the molecule is COc1ccc2ncc(Cl)c(CCCC3(C(=O)NO)CCN(CCCSc4ccccc4)CC3)c2c1. The molecule has 1 saturated heterocycles. The third-order valence-corrected chi connectivity index (χ3v) is 8.67. The van der Waals surface area contributed by atoms with Crippen molar-refractivity contribution in [3.63, 3.8) is 0 Å². The van der Waals surface area contributed by atoms with Crippen LogP contribution >= 0.6 is 23.4 Å². The Labute approximate surface area is 222 Å². The van der Waals surface area contributed by atoms with E-state index in [1.54, 1.807) is 13.3 Å². The Morgan fingerprint density at radius 3 is 2.69 bits per heavy atom. The highest BCUT2D eigenvalue weighted by Crippen LogP contribution is 2.38.